The molecule has 0 unspecified atom stereocenters. The molecule has 0 radical (unpaired) electrons. The van der Waals surface area contributed by atoms with Gasteiger partial charge in [-0.1, -0.05) is 0 Å². The van der Waals surface area contributed by atoms with Crippen molar-refractivity contribution in [3.05, 3.63) is 0 Å². The molecule has 4 heteroatoms. The van der Waals surface area contributed by atoms with Crippen molar-refractivity contribution < 1.29 is 9.53 Å². The summed E-state index contributed by atoms with van der Waals surface area (Å²) in [4.78, 5) is 11.6. The molecule has 0 aromatic carbocycles. The summed E-state index contributed by atoms with van der Waals surface area (Å²) in [5.74, 6) is -0.154. The largest absolute Gasteiger partial charge is 0.459 e. The van der Waals surface area contributed by atoms with Crippen LogP contribution in [0.15, 0.2) is 0 Å². The predicted molar refractivity (Wildman–Crippen MR) is 54.4 cm³/mol. The average molecular weight is 218 g/mol. The maximum Gasteiger partial charge on any atom is 0.326 e. The Morgan fingerprint density at radius 1 is 1.43 bits per heavy atom. The number of hydrogen-bond donors (Lipinski definition) is 1. The monoisotopic (exact) mass is 217 g/mol. The molecule has 2 aliphatic heterocycles. The second kappa shape index (κ2) is 2.64. The van der Waals surface area contributed by atoms with Gasteiger partial charge in [0.15, 0.2) is 0 Å². The van der Waals surface area contributed by atoms with Crippen LogP contribution in [0.1, 0.15) is 33.6 Å². The fraction of sp³-hybridized carbons (Fsp3) is 0.900. The summed E-state index contributed by atoms with van der Waals surface area (Å²) in [5, 5.41) is 3.16. The lowest BCUT2D eigenvalue weighted by atomic mass is 9.73. The summed E-state index contributed by atoms with van der Waals surface area (Å²) in [6.45, 7) is 6.35. The van der Waals surface area contributed by atoms with E-state index < -0.39 is 11.1 Å². The Hall–Kier alpha value is -0.280. The molecule has 2 saturated heterocycles. The van der Waals surface area contributed by atoms with Crippen LogP contribution < -0.4 is 5.32 Å². The van der Waals surface area contributed by atoms with E-state index in [9.17, 15) is 4.79 Å². The van der Waals surface area contributed by atoms with Gasteiger partial charge in [-0.3, -0.25) is 10.1 Å². The number of carbonyl (C=O) groups excluding carboxylic acids is 1. The zero-order valence-corrected chi connectivity index (χ0v) is 9.57. The van der Waals surface area contributed by atoms with E-state index in [1.165, 1.54) is 0 Å². The van der Waals surface area contributed by atoms with E-state index in [0.717, 1.165) is 0 Å². The third-order valence-corrected chi connectivity index (χ3v) is 3.17. The van der Waals surface area contributed by atoms with Crippen LogP contribution in [0.5, 0.6) is 0 Å². The lowest BCUT2D eigenvalue weighted by Crippen LogP contribution is -2.56. The lowest BCUT2D eigenvalue weighted by molar-refractivity contribution is -0.165. The molecule has 3 fully saturated rings. The molecule has 2 bridgehead atoms. The lowest BCUT2D eigenvalue weighted by Gasteiger charge is -2.41. The number of halogens is 1. The van der Waals surface area contributed by atoms with Gasteiger partial charge < -0.3 is 4.74 Å². The Morgan fingerprint density at radius 2 is 2.00 bits per heavy atom. The van der Waals surface area contributed by atoms with Gasteiger partial charge in [0.1, 0.15) is 11.1 Å². The number of carbonyl (C=O) groups is 1. The van der Waals surface area contributed by atoms with Crippen molar-refractivity contribution in [3.63, 3.8) is 0 Å². The summed E-state index contributed by atoms with van der Waals surface area (Å²) in [6, 6.07) is 0. The molecule has 3 nitrogen and oxygen atoms in total. The van der Waals surface area contributed by atoms with E-state index in [2.05, 4.69) is 5.32 Å². The Labute approximate surface area is 89.1 Å². The number of rotatable bonds is 1. The van der Waals surface area contributed by atoms with Crippen molar-refractivity contribution in [1.82, 2.24) is 5.32 Å². The van der Waals surface area contributed by atoms with Gasteiger partial charge in [0.05, 0.1) is 4.87 Å². The molecule has 1 aliphatic carbocycles. The number of ether oxygens (including phenoxy) is 1. The minimum absolute atomic E-state index is 0.154. The van der Waals surface area contributed by atoms with E-state index in [1.807, 2.05) is 20.8 Å². The summed E-state index contributed by atoms with van der Waals surface area (Å²) in [7, 11) is 0. The molecule has 3 aliphatic rings. The van der Waals surface area contributed by atoms with Gasteiger partial charge in [0.2, 0.25) is 0 Å². The van der Waals surface area contributed by atoms with Gasteiger partial charge in [0, 0.05) is 6.54 Å². The molecule has 1 saturated carbocycles. The standard InChI is InChI=1S/C10H16ClNO2/c1-8(2,3)14-7(13)10-4-9(11,5-10)6-12-10/h12H,4-6H2,1-3H3. The van der Waals surface area contributed by atoms with Crippen LogP contribution in [0.2, 0.25) is 0 Å². The predicted octanol–water partition coefficient (Wildman–Crippen LogP) is 1.44. The zero-order chi connectivity index (χ0) is 10.6. The molecule has 0 aromatic rings. The highest BCUT2D eigenvalue weighted by Crippen LogP contribution is 2.52. The summed E-state index contributed by atoms with van der Waals surface area (Å²) >= 11 is 6.17. The molecule has 2 heterocycles. The van der Waals surface area contributed by atoms with Gasteiger partial charge in [-0.15, -0.1) is 11.6 Å². The number of hydrogen-bond acceptors (Lipinski definition) is 3. The molecular formula is C10H16ClNO2. The highest BCUT2D eigenvalue weighted by Gasteiger charge is 2.65. The van der Waals surface area contributed by atoms with Crippen molar-refractivity contribution >= 4 is 17.6 Å². The number of esters is 1. The van der Waals surface area contributed by atoms with Crippen molar-refractivity contribution in [2.75, 3.05) is 6.54 Å². The first-order valence-electron chi connectivity index (χ1n) is 4.92. The van der Waals surface area contributed by atoms with Gasteiger partial charge in [-0.05, 0) is 33.6 Å². The molecule has 0 amide bonds. The van der Waals surface area contributed by atoms with E-state index in [1.54, 1.807) is 0 Å². The molecule has 1 N–H and O–H groups in total. The van der Waals surface area contributed by atoms with Gasteiger partial charge in [-0.25, -0.2) is 0 Å². The summed E-state index contributed by atoms with van der Waals surface area (Å²) in [5.41, 5.74) is -0.893. The molecular weight excluding hydrogens is 202 g/mol. The second-order valence-corrected chi connectivity index (χ2v) is 6.24. The molecule has 0 atom stereocenters. The van der Waals surface area contributed by atoms with Gasteiger partial charge in [-0.2, -0.15) is 0 Å². The normalized spacial score (nSPS) is 40.6. The fourth-order valence-corrected chi connectivity index (χ4v) is 2.72. The quantitative estimate of drug-likeness (QED) is 0.534. The number of nitrogens with one attached hydrogen (secondary N) is 1. The molecule has 3 rings (SSSR count). The van der Waals surface area contributed by atoms with Crippen LogP contribution in [-0.2, 0) is 9.53 Å². The van der Waals surface area contributed by atoms with E-state index in [0.29, 0.717) is 19.4 Å². The van der Waals surface area contributed by atoms with Crippen LogP contribution in [0.25, 0.3) is 0 Å². The average Bonchev–Trinajstić information content (AvgIpc) is 2.37. The van der Waals surface area contributed by atoms with Crippen molar-refractivity contribution in [1.29, 1.82) is 0 Å². The van der Waals surface area contributed by atoms with Crippen molar-refractivity contribution in [3.8, 4) is 0 Å². The number of fused-ring (bicyclic) bond motifs is 1. The van der Waals surface area contributed by atoms with Gasteiger partial charge in [0.25, 0.3) is 0 Å². The first kappa shape index (κ1) is 10.2. The first-order valence-corrected chi connectivity index (χ1v) is 5.30. The summed E-state index contributed by atoms with van der Waals surface area (Å²) in [6.07, 6.45) is 1.41. The van der Waals surface area contributed by atoms with Crippen LogP contribution in [0, 0.1) is 0 Å². The molecule has 80 valence electrons. The van der Waals surface area contributed by atoms with Gasteiger partial charge >= 0.3 is 5.97 Å². The highest BCUT2D eigenvalue weighted by molar-refractivity contribution is 6.26. The third kappa shape index (κ3) is 1.52. The minimum atomic E-state index is -0.477. The second-order valence-electron chi connectivity index (χ2n) is 5.44. The van der Waals surface area contributed by atoms with E-state index >= 15 is 0 Å². The Balaban J connectivity index is 2.01. The zero-order valence-electron chi connectivity index (χ0n) is 8.82. The maximum absolute atomic E-state index is 11.8. The summed E-state index contributed by atoms with van der Waals surface area (Å²) < 4.78 is 5.35. The van der Waals surface area contributed by atoms with Crippen molar-refractivity contribution in [2.45, 2.75) is 49.6 Å². The molecule has 0 spiro atoms. The van der Waals surface area contributed by atoms with Crippen LogP contribution in [0.3, 0.4) is 0 Å². The van der Waals surface area contributed by atoms with Crippen LogP contribution in [0.4, 0.5) is 0 Å². The van der Waals surface area contributed by atoms with Crippen LogP contribution in [-0.4, -0.2) is 28.5 Å². The molecule has 0 aromatic heterocycles. The molecule has 14 heavy (non-hydrogen) atoms. The highest BCUT2D eigenvalue weighted by atomic mass is 35.5. The van der Waals surface area contributed by atoms with E-state index in [4.69, 9.17) is 16.3 Å². The van der Waals surface area contributed by atoms with Crippen molar-refractivity contribution in [2.24, 2.45) is 0 Å². The minimum Gasteiger partial charge on any atom is -0.459 e. The Bertz CT molecular complexity index is 276. The Morgan fingerprint density at radius 3 is 2.36 bits per heavy atom. The third-order valence-electron chi connectivity index (χ3n) is 2.77. The number of alkyl halides is 1. The van der Waals surface area contributed by atoms with Crippen LogP contribution >= 0.6 is 11.6 Å². The topological polar surface area (TPSA) is 38.3 Å². The smallest absolute Gasteiger partial charge is 0.326 e. The fourth-order valence-electron chi connectivity index (χ4n) is 2.20. The first-order chi connectivity index (χ1) is 6.25. The maximum atomic E-state index is 11.8. The van der Waals surface area contributed by atoms with E-state index in [-0.39, 0.29) is 10.8 Å². The Kier molecular flexibility index (Phi) is 1.93. The SMILES string of the molecule is CC(C)(C)OC(=O)C12CC(Cl)(CN1)C2.